The van der Waals surface area contributed by atoms with E-state index in [1.807, 2.05) is 0 Å². The average molecular weight is 559 g/mol. The Morgan fingerprint density at radius 3 is 2.34 bits per heavy atom. The molecule has 5 aliphatic rings. The number of carbonyl (C=O) groups excluding carboxylic acids is 1. The number of rotatable bonds is 5. The van der Waals surface area contributed by atoms with Gasteiger partial charge in [0.15, 0.2) is 0 Å². The van der Waals surface area contributed by atoms with Crippen molar-refractivity contribution in [2.75, 3.05) is 0 Å². The van der Waals surface area contributed by atoms with Gasteiger partial charge in [-0.05, 0) is 127 Å². The molecule has 0 spiro atoms. The number of ketones is 1. The molecular formula is C39H58O2. The molecule has 2 nitrogen and oxygen atoms in total. The minimum absolute atomic E-state index is 0.0135. The van der Waals surface area contributed by atoms with E-state index in [9.17, 15) is 9.90 Å². The number of allylic oxidation sites excluding steroid dienone is 2. The van der Waals surface area contributed by atoms with E-state index in [0.717, 1.165) is 51.4 Å². The Morgan fingerprint density at radius 2 is 1.61 bits per heavy atom. The molecule has 0 aromatic heterocycles. The van der Waals surface area contributed by atoms with Crippen LogP contribution in [0.15, 0.2) is 42.0 Å². The largest absolute Gasteiger partial charge is 0.393 e. The minimum Gasteiger partial charge on any atom is -0.393 e. The van der Waals surface area contributed by atoms with E-state index in [-0.39, 0.29) is 33.2 Å². The summed E-state index contributed by atoms with van der Waals surface area (Å²) >= 11 is 0. The van der Waals surface area contributed by atoms with Crippen LogP contribution in [0.3, 0.4) is 0 Å². The Labute approximate surface area is 251 Å². The second-order valence-electron chi connectivity index (χ2n) is 16.9. The first kappa shape index (κ1) is 29.7. The zero-order valence-corrected chi connectivity index (χ0v) is 27.3. The Kier molecular flexibility index (Phi) is 7.28. The molecule has 0 aliphatic heterocycles. The Bertz CT molecular complexity index is 1180. The first-order valence-corrected chi connectivity index (χ1v) is 17.3. The summed E-state index contributed by atoms with van der Waals surface area (Å²) in [7, 11) is 0. The van der Waals surface area contributed by atoms with Gasteiger partial charge >= 0.3 is 0 Å². The topological polar surface area (TPSA) is 37.3 Å². The monoisotopic (exact) mass is 558 g/mol. The number of benzene rings is 1. The highest BCUT2D eigenvalue weighted by Gasteiger charge is 2.69. The standard InChI is InChI=1S/C39H58O2/c1-26-18-23-39(33(41)15-11-14-28-12-9-8-10-13-28)25-24-37(6)29(34(39)27(26)2)16-17-31-36(5)21-20-32(40)35(3,4)30(36)19-22-38(31,37)7/h8-10,12-13,16,26-27,30-32,34,40H,11,14-15,17-25H2,1-7H3/t26-,27+,30+,31-,32+,34+,36+,37-,38-,39-/m1/s1. The van der Waals surface area contributed by atoms with Gasteiger partial charge in [-0.25, -0.2) is 0 Å². The van der Waals surface area contributed by atoms with Gasteiger partial charge in [0.1, 0.15) is 5.78 Å². The summed E-state index contributed by atoms with van der Waals surface area (Å²) in [6, 6.07) is 10.7. The molecule has 0 saturated heterocycles. The fourth-order valence-corrected chi connectivity index (χ4v) is 12.3. The smallest absolute Gasteiger partial charge is 0.139 e. The van der Waals surface area contributed by atoms with Crippen LogP contribution in [0.4, 0.5) is 0 Å². The third kappa shape index (κ3) is 4.15. The van der Waals surface area contributed by atoms with Crippen LogP contribution in [0.1, 0.15) is 125 Å². The highest BCUT2D eigenvalue weighted by atomic mass is 16.3. The third-order valence-corrected chi connectivity index (χ3v) is 15.2. The summed E-state index contributed by atoms with van der Waals surface area (Å²) < 4.78 is 0. The third-order valence-electron chi connectivity index (χ3n) is 15.2. The maximum absolute atomic E-state index is 14.4. The molecule has 0 radical (unpaired) electrons. The van der Waals surface area contributed by atoms with E-state index in [0.29, 0.717) is 35.4 Å². The van der Waals surface area contributed by atoms with E-state index in [2.05, 4.69) is 84.9 Å². The predicted molar refractivity (Wildman–Crippen MR) is 169 cm³/mol. The molecule has 4 saturated carbocycles. The summed E-state index contributed by atoms with van der Waals surface area (Å²) in [6.45, 7) is 17.5. The molecular weight excluding hydrogens is 500 g/mol. The number of aryl methyl sites for hydroxylation is 1. The van der Waals surface area contributed by atoms with Crippen molar-refractivity contribution in [1.29, 1.82) is 0 Å². The van der Waals surface area contributed by atoms with E-state index < -0.39 is 0 Å². The van der Waals surface area contributed by atoms with Gasteiger partial charge in [-0.3, -0.25) is 4.79 Å². The molecule has 0 bridgehead atoms. The van der Waals surface area contributed by atoms with E-state index in [1.54, 1.807) is 5.57 Å². The summed E-state index contributed by atoms with van der Waals surface area (Å²) in [5, 5.41) is 11.0. The second-order valence-corrected chi connectivity index (χ2v) is 16.9. The highest BCUT2D eigenvalue weighted by Crippen LogP contribution is 2.75. The van der Waals surface area contributed by atoms with Gasteiger partial charge in [0, 0.05) is 11.8 Å². The quantitative estimate of drug-likeness (QED) is 0.365. The normalized spacial score (nSPS) is 46.8. The van der Waals surface area contributed by atoms with Gasteiger partial charge in [-0.2, -0.15) is 0 Å². The number of hydrogen-bond donors (Lipinski definition) is 1. The predicted octanol–water partition coefficient (Wildman–Crippen LogP) is 9.60. The van der Waals surface area contributed by atoms with Crippen molar-refractivity contribution in [2.24, 2.45) is 56.7 Å². The number of hydrogen-bond acceptors (Lipinski definition) is 2. The maximum atomic E-state index is 14.4. The van der Waals surface area contributed by atoms with Gasteiger partial charge in [-0.1, -0.05) is 90.4 Å². The fourth-order valence-electron chi connectivity index (χ4n) is 12.3. The van der Waals surface area contributed by atoms with Gasteiger partial charge in [0.25, 0.3) is 0 Å². The van der Waals surface area contributed by atoms with E-state index in [4.69, 9.17) is 0 Å². The summed E-state index contributed by atoms with van der Waals surface area (Å²) in [5.41, 5.74) is 3.56. The molecule has 0 amide bonds. The number of fused-ring (bicyclic) bond motifs is 7. The molecule has 226 valence electrons. The van der Waals surface area contributed by atoms with Gasteiger partial charge in [-0.15, -0.1) is 0 Å². The highest BCUT2D eigenvalue weighted by molar-refractivity contribution is 5.86. The number of Topliss-reactive ketones (excluding diaryl/α,β-unsaturated/α-hetero) is 1. The fraction of sp³-hybridized carbons (Fsp3) is 0.769. The van der Waals surface area contributed by atoms with Crippen LogP contribution in [-0.2, 0) is 11.2 Å². The van der Waals surface area contributed by atoms with E-state index in [1.165, 1.54) is 31.2 Å². The Morgan fingerprint density at radius 1 is 0.878 bits per heavy atom. The van der Waals surface area contributed by atoms with Crippen LogP contribution < -0.4 is 0 Å². The molecule has 1 aromatic carbocycles. The van der Waals surface area contributed by atoms with Crippen LogP contribution in [-0.4, -0.2) is 17.0 Å². The van der Waals surface area contributed by atoms with Crippen LogP contribution >= 0.6 is 0 Å². The summed E-state index contributed by atoms with van der Waals surface area (Å²) in [5.74, 6) is 3.45. The summed E-state index contributed by atoms with van der Waals surface area (Å²) in [6.07, 6.45) is 15.5. The van der Waals surface area contributed by atoms with Crippen LogP contribution in [0.5, 0.6) is 0 Å². The molecule has 0 unspecified atom stereocenters. The Hall–Kier alpha value is -1.41. The van der Waals surface area contributed by atoms with Crippen LogP contribution in [0.25, 0.3) is 0 Å². The number of aliphatic hydroxyl groups is 1. The molecule has 10 atom stereocenters. The van der Waals surface area contributed by atoms with E-state index >= 15 is 0 Å². The zero-order chi connectivity index (χ0) is 29.4. The van der Waals surface area contributed by atoms with Crippen molar-refractivity contribution in [3.63, 3.8) is 0 Å². The summed E-state index contributed by atoms with van der Waals surface area (Å²) in [4.78, 5) is 14.4. The lowest BCUT2D eigenvalue weighted by Crippen LogP contribution is -2.65. The maximum Gasteiger partial charge on any atom is 0.139 e. The first-order valence-electron chi connectivity index (χ1n) is 17.3. The molecule has 6 rings (SSSR count). The van der Waals surface area contributed by atoms with Crippen molar-refractivity contribution in [3.05, 3.63) is 47.5 Å². The van der Waals surface area contributed by atoms with Crippen molar-refractivity contribution in [3.8, 4) is 0 Å². The molecule has 2 heteroatoms. The van der Waals surface area contributed by atoms with Gasteiger partial charge in [0.2, 0.25) is 0 Å². The number of aliphatic hydroxyl groups excluding tert-OH is 1. The van der Waals surface area contributed by atoms with Crippen molar-refractivity contribution in [1.82, 2.24) is 0 Å². The lowest BCUT2D eigenvalue weighted by molar-refractivity contribution is -0.204. The average Bonchev–Trinajstić information content (AvgIpc) is 2.94. The lowest BCUT2D eigenvalue weighted by Gasteiger charge is -2.71. The zero-order valence-electron chi connectivity index (χ0n) is 27.3. The second kappa shape index (κ2) is 10.1. The van der Waals surface area contributed by atoms with Gasteiger partial charge in [0.05, 0.1) is 6.10 Å². The lowest BCUT2D eigenvalue weighted by atomic mass is 9.33. The molecule has 1 aromatic rings. The van der Waals surface area contributed by atoms with Crippen molar-refractivity contribution in [2.45, 2.75) is 132 Å². The Balaban J connectivity index is 1.33. The molecule has 5 aliphatic carbocycles. The van der Waals surface area contributed by atoms with Gasteiger partial charge < -0.3 is 5.11 Å². The molecule has 0 heterocycles. The SMILES string of the molecule is C[C@H]1[C@H](C)CC[C@]2(C(=O)CCCc3ccccc3)CC[C@]3(C)C(=CC[C@@H]4[C@@]5(C)CC[C@H](O)C(C)(C)[C@@H]5CC[C@]43C)[C@H]12. The molecule has 4 fully saturated rings. The van der Waals surface area contributed by atoms with Crippen molar-refractivity contribution >= 4 is 5.78 Å². The van der Waals surface area contributed by atoms with Crippen LogP contribution in [0.2, 0.25) is 0 Å². The minimum atomic E-state index is -0.178. The molecule has 1 N–H and O–H groups in total. The molecule has 41 heavy (non-hydrogen) atoms. The van der Waals surface area contributed by atoms with Crippen LogP contribution in [0, 0.1) is 56.7 Å². The van der Waals surface area contributed by atoms with Crippen molar-refractivity contribution < 1.29 is 9.90 Å². The number of carbonyl (C=O) groups is 1. The first-order chi connectivity index (χ1) is 19.3.